The molecule has 14 heavy (non-hydrogen) atoms. The summed E-state index contributed by atoms with van der Waals surface area (Å²) < 4.78 is 1.16. The first-order valence-electron chi connectivity index (χ1n) is 4.71. The highest BCUT2D eigenvalue weighted by Gasteiger charge is 2.29. The number of amides is 1. The Morgan fingerprint density at radius 1 is 1.71 bits per heavy atom. The monoisotopic (exact) mass is 321 g/mol. The van der Waals surface area contributed by atoms with Crippen molar-refractivity contribution in [1.29, 1.82) is 0 Å². The van der Waals surface area contributed by atoms with Crippen LogP contribution in [0.15, 0.2) is 11.4 Å². The molecule has 1 amide bonds. The van der Waals surface area contributed by atoms with Gasteiger partial charge in [0.1, 0.15) is 0 Å². The normalized spacial score (nSPS) is 17.9. The minimum atomic E-state index is 0.0727. The number of halogens is 1. The third-order valence-corrected chi connectivity index (χ3v) is 4.31. The maximum Gasteiger partial charge on any atom is 0.252 e. The zero-order chi connectivity index (χ0) is 10.1. The fourth-order valence-corrected chi connectivity index (χ4v) is 2.76. The molecule has 1 saturated carbocycles. The molecule has 1 fully saturated rings. The van der Waals surface area contributed by atoms with Crippen LogP contribution >= 0.6 is 33.9 Å². The van der Waals surface area contributed by atoms with Gasteiger partial charge in [0.2, 0.25) is 0 Å². The Morgan fingerprint density at radius 2 is 2.43 bits per heavy atom. The van der Waals surface area contributed by atoms with E-state index in [9.17, 15) is 4.79 Å². The molecule has 1 unspecified atom stereocenters. The van der Waals surface area contributed by atoms with Crippen molar-refractivity contribution >= 4 is 39.8 Å². The van der Waals surface area contributed by atoms with Crippen molar-refractivity contribution < 1.29 is 4.79 Å². The SMILES string of the molecule is CC(NC(=O)c1csc(I)c1)C1CC1. The Kier molecular flexibility index (Phi) is 3.11. The molecule has 1 aliphatic carbocycles. The summed E-state index contributed by atoms with van der Waals surface area (Å²) in [5, 5.41) is 4.95. The Bertz CT molecular complexity index is 346. The lowest BCUT2D eigenvalue weighted by atomic mass is 10.2. The first-order valence-corrected chi connectivity index (χ1v) is 6.67. The van der Waals surface area contributed by atoms with E-state index < -0.39 is 0 Å². The van der Waals surface area contributed by atoms with Crippen LogP contribution in [0.25, 0.3) is 0 Å². The molecule has 4 heteroatoms. The molecule has 0 spiro atoms. The summed E-state index contributed by atoms with van der Waals surface area (Å²) in [6, 6.07) is 2.26. The fourth-order valence-electron chi connectivity index (χ4n) is 1.43. The topological polar surface area (TPSA) is 29.1 Å². The average Bonchev–Trinajstić information content (AvgIpc) is 2.89. The molecule has 1 aromatic rings. The Labute approximate surface area is 101 Å². The molecule has 1 atom stereocenters. The Morgan fingerprint density at radius 3 is 2.93 bits per heavy atom. The molecule has 0 aliphatic heterocycles. The quantitative estimate of drug-likeness (QED) is 0.852. The first kappa shape index (κ1) is 10.4. The van der Waals surface area contributed by atoms with Gasteiger partial charge in [-0.3, -0.25) is 4.79 Å². The second kappa shape index (κ2) is 4.18. The van der Waals surface area contributed by atoms with E-state index >= 15 is 0 Å². The lowest BCUT2D eigenvalue weighted by molar-refractivity contribution is 0.0936. The van der Waals surface area contributed by atoms with Gasteiger partial charge in [0, 0.05) is 11.4 Å². The zero-order valence-corrected chi connectivity index (χ0v) is 10.9. The standard InChI is InChI=1S/C10H12INOS/c1-6(7-2-3-7)12-10(13)8-4-9(11)14-5-8/h4-7H,2-3H2,1H3,(H,12,13). The number of carbonyl (C=O) groups is 1. The van der Waals surface area contributed by atoms with E-state index in [2.05, 4.69) is 34.8 Å². The molecule has 1 aliphatic rings. The van der Waals surface area contributed by atoms with Crippen LogP contribution in [0, 0.1) is 8.80 Å². The third kappa shape index (κ3) is 2.48. The molecule has 0 saturated heterocycles. The van der Waals surface area contributed by atoms with Crippen molar-refractivity contribution in [2.75, 3.05) is 0 Å². The second-order valence-electron chi connectivity index (χ2n) is 3.74. The zero-order valence-electron chi connectivity index (χ0n) is 7.92. The van der Waals surface area contributed by atoms with E-state index in [1.807, 2.05) is 11.4 Å². The highest BCUT2D eigenvalue weighted by Crippen LogP contribution is 2.32. The summed E-state index contributed by atoms with van der Waals surface area (Å²) in [5.41, 5.74) is 0.798. The van der Waals surface area contributed by atoms with Gasteiger partial charge in [-0.25, -0.2) is 0 Å². The van der Waals surface area contributed by atoms with E-state index in [-0.39, 0.29) is 5.91 Å². The van der Waals surface area contributed by atoms with Crippen molar-refractivity contribution in [2.45, 2.75) is 25.8 Å². The molecule has 0 bridgehead atoms. The molecule has 1 aromatic heterocycles. The highest BCUT2D eigenvalue weighted by molar-refractivity contribution is 14.1. The van der Waals surface area contributed by atoms with Gasteiger partial charge in [-0.2, -0.15) is 0 Å². The summed E-state index contributed by atoms with van der Waals surface area (Å²) in [4.78, 5) is 11.7. The minimum Gasteiger partial charge on any atom is -0.349 e. The van der Waals surface area contributed by atoms with Crippen molar-refractivity contribution in [3.05, 3.63) is 19.9 Å². The van der Waals surface area contributed by atoms with Gasteiger partial charge >= 0.3 is 0 Å². The predicted octanol–water partition coefficient (Wildman–Crippen LogP) is 2.88. The van der Waals surface area contributed by atoms with Gasteiger partial charge in [0.05, 0.1) is 8.45 Å². The van der Waals surface area contributed by atoms with E-state index in [1.165, 1.54) is 12.8 Å². The third-order valence-electron chi connectivity index (χ3n) is 2.52. The van der Waals surface area contributed by atoms with Gasteiger partial charge in [0.25, 0.3) is 5.91 Å². The van der Waals surface area contributed by atoms with Gasteiger partial charge in [-0.1, -0.05) is 0 Å². The largest absolute Gasteiger partial charge is 0.349 e. The van der Waals surface area contributed by atoms with E-state index in [4.69, 9.17) is 0 Å². The molecule has 76 valence electrons. The van der Waals surface area contributed by atoms with E-state index in [0.29, 0.717) is 6.04 Å². The number of carbonyl (C=O) groups excluding carboxylic acids is 1. The fraction of sp³-hybridized carbons (Fsp3) is 0.500. The van der Waals surface area contributed by atoms with Gasteiger partial charge < -0.3 is 5.32 Å². The summed E-state index contributed by atoms with van der Waals surface area (Å²) in [6.07, 6.45) is 2.53. The first-order chi connectivity index (χ1) is 6.66. The lowest BCUT2D eigenvalue weighted by Gasteiger charge is -2.11. The molecular formula is C10H12INOS. The molecule has 0 radical (unpaired) electrons. The smallest absolute Gasteiger partial charge is 0.252 e. The average molecular weight is 321 g/mol. The number of hydrogen-bond acceptors (Lipinski definition) is 2. The van der Waals surface area contributed by atoms with Crippen LogP contribution in [0.1, 0.15) is 30.1 Å². The molecule has 1 N–H and O–H groups in total. The van der Waals surface area contributed by atoms with Crippen LogP contribution in [0.2, 0.25) is 0 Å². The Balaban J connectivity index is 1.94. The van der Waals surface area contributed by atoms with Crippen molar-refractivity contribution in [3.8, 4) is 0 Å². The predicted molar refractivity (Wildman–Crippen MR) is 66.7 cm³/mol. The lowest BCUT2D eigenvalue weighted by Crippen LogP contribution is -2.33. The Hall–Kier alpha value is -0.100. The highest BCUT2D eigenvalue weighted by atomic mass is 127. The number of rotatable bonds is 3. The van der Waals surface area contributed by atoms with Crippen molar-refractivity contribution in [2.24, 2.45) is 5.92 Å². The summed E-state index contributed by atoms with van der Waals surface area (Å²) >= 11 is 3.84. The van der Waals surface area contributed by atoms with Gasteiger partial charge in [-0.05, 0) is 54.3 Å². The van der Waals surface area contributed by atoms with E-state index in [1.54, 1.807) is 11.3 Å². The summed E-state index contributed by atoms with van der Waals surface area (Å²) in [7, 11) is 0. The maximum absolute atomic E-state index is 11.7. The van der Waals surface area contributed by atoms with Crippen LogP contribution in [-0.4, -0.2) is 11.9 Å². The van der Waals surface area contributed by atoms with Crippen LogP contribution in [-0.2, 0) is 0 Å². The number of hydrogen-bond donors (Lipinski definition) is 1. The maximum atomic E-state index is 11.7. The van der Waals surface area contributed by atoms with Gasteiger partial charge in [0.15, 0.2) is 0 Å². The molecule has 1 heterocycles. The molecule has 2 nitrogen and oxygen atoms in total. The van der Waals surface area contributed by atoms with Gasteiger partial charge in [-0.15, -0.1) is 11.3 Å². The minimum absolute atomic E-state index is 0.0727. The summed E-state index contributed by atoms with van der Waals surface area (Å²) in [6.45, 7) is 2.09. The van der Waals surface area contributed by atoms with Crippen LogP contribution in [0.5, 0.6) is 0 Å². The van der Waals surface area contributed by atoms with Crippen LogP contribution < -0.4 is 5.32 Å². The van der Waals surface area contributed by atoms with Crippen LogP contribution in [0.3, 0.4) is 0 Å². The summed E-state index contributed by atoms with van der Waals surface area (Å²) in [5.74, 6) is 0.792. The van der Waals surface area contributed by atoms with E-state index in [0.717, 1.165) is 14.4 Å². The molecular weight excluding hydrogens is 309 g/mol. The van der Waals surface area contributed by atoms with Crippen molar-refractivity contribution in [1.82, 2.24) is 5.32 Å². The number of nitrogens with one attached hydrogen (secondary N) is 1. The second-order valence-corrected chi connectivity index (χ2v) is 6.54. The van der Waals surface area contributed by atoms with Crippen molar-refractivity contribution in [3.63, 3.8) is 0 Å². The number of thiophene rings is 1. The van der Waals surface area contributed by atoms with Crippen LogP contribution in [0.4, 0.5) is 0 Å². The molecule has 2 rings (SSSR count). The molecule has 0 aromatic carbocycles.